The van der Waals surface area contributed by atoms with Gasteiger partial charge in [-0.15, -0.1) is 0 Å². The zero-order valence-corrected chi connectivity index (χ0v) is 16.4. The monoisotopic (exact) mass is 360 g/mol. The molecule has 0 aliphatic heterocycles. The van der Waals surface area contributed by atoms with Gasteiger partial charge in [-0.2, -0.15) is 0 Å². The summed E-state index contributed by atoms with van der Waals surface area (Å²) in [5, 5.41) is 11.4. The summed E-state index contributed by atoms with van der Waals surface area (Å²) in [4.78, 5) is 0. The fraction of sp³-hybridized carbons (Fsp3) is 0.700. The number of rotatable bonds is 9. The molecule has 1 atom stereocenters. The standard InChI is InChI=1S/C11H13FO.C7H18N2O.C2H6.2H2/c1-8-2-5-10(12)11(6-8)13-7-9-3-4-9;1-7(9-6-10)4-2-3-5-8;1-2;;/h2,5-6,9H,3-4,7H2,1H3;7,9-10H,2-6,8H2,1H3;1-2H3;2*1H/t;7-;;;/m.0.../s1. The van der Waals surface area contributed by atoms with E-state index in [-0.39, 0.29) is 15.4 Å². The smallest absolute Gasteiger partial charge is 0.165 e. The molecule has 4 nitrogen and oxygen atoms in total. The fourth-order valence-corrected chi connectivity index (χ4v) is 2.07. The first-order valence-corrected chi connectivity index (χ1v) is 9.50. The third kappa shape index (κ3) is 12.8. The van der Waals surface area contributed by atoms with E-state index in [1.807, 2.05) is 20.8 Å². The largest absolute Gasteiger partial charge is 0.490 e. The third-order valence-electron chi connectivity index (χ3n) is 3.79. The number of benzene rings is 1. The van der Waals surface area contributed by atoms with Crippen LogP contribution in [0.2, 0.25) is 0 Å². The molecule has 2 rings (SSSR count). The van der Waals surface area contributed by atoms with Crippen LogP contribution in [0.4, 0.5) is 4.39 Å². The molecule has 1 saturated carbocycles. The minimum atomic E-state index is -0.258. The van der Waals surface area contributed by atoms with Crippen LogP contribution in [0.25, 0.3) is 0 Å². The van der Waals surface area contributed by atoms with Gasteiger partial charge in [0.2, 0.25) is 0 Å². The molecular formula is C20H41FN2O2. The lowest BCUT2D eigenvalue weighted by Crippen LogP contribution is -2.26. The van der Waals surface area contributed by atoms with Gasteiger partial charge in [-0.25, -0.2) is 4.39 Å². The van der Waals surface area contributed by atoms with Crippen molar-refractivity contribution >= 4 is 0 Å². The van der Waals surface area contributed by atoms with Gasteiger partial charge in [-0.3, -0.25) is 5.32 Å². The topological polar surface area (TPSA) is 67.5 Å². The van der Waals surface area contributed by atoms with Crippen LogP contribution in [0, 0.1) is 18.7 Å². The van der Waals surface area contributed by atoms with Crippen molar-refractivity contribution in [3.05, 3.63) is 29.6 Å². The Labute approximate surface area is 155 Å². The fourth-order valence-electron chi connectivity index (χ4n) is 2.07. The van der Waals surface area contributed by atoms with E-state index in [1.54, 1.807) is 12.1 Å². The van der Waals surface area contributed by atoms with E-state index >= 15 is 0 Å². The molecule has 0 heterocycles. The minimum absolute atomic E-state index is 0. The van der Waals surface area contributed by atoms with Gasteiger partial charge >= 0.3 is 0 Å². The summed E-state index contributed by atoms with van der Waals surface area (Å²) in [6.45, 7) is 9.51. The van der Waals surface area contributed by atoms with E-state index in [0.29, 0.717) is 24.3 Å². The number of hydrogen-bond donors (Lipinski definition) is 3. The number of halogens is 1. The van der Waals surface area contributed by atoms with Crippen LogP contribution < -0.4 is 15.8 Å². The van der Waals surface area contributed by atoms with Gasteiger partial charge in [0, 0.05) is 8.90 Å². The lowest BCUT2D eigenvalue weighted by atomic mass is 10.1. The van der Waals surface area contributed by atoms with Gasteiger partial charge < -0.3 is 15.6 Å². The third-order valence-corrected chi connectivity index (χ3v) is 3.79. The van der Waals surface area contributed by atoms with Crippen molar-refractivity contribution in [2.24, 2.45) is 11.7 Å². The van der Waals surface area contributed by atoms with Crippen molar-refractivity contribution in [2.75, 3.05) is 19.9 Å². The van der Waals surface area contributed by atoms with E-state index < -0.39 is 0 Å². The summed E-state index contributed by atoms with van der Waals surface area (Å²) >= 11 is 0. The van der Waals surface area contributed by atoms with Gasteiger partial charge in [0.1, 0.15) is 0 Å². The maximum atomic E-state index is 13.1. The van der Waals surface area contributed by atoms with E-state index in [0.717, 1.165) is 31.4 Å². The molecular weight excluding hydrogens is 319 g/mol. The summed E-state index contributed by atoms with van der Waals surface area (Å²) in [7, 11) is 0. The molecule has 1 fully saturated rings. The van der Waals surface area contributed by atoms with Crippen LogP contribution in [0.3, 0.4) is 0 Å². The van der Waals surface area contributed by atoms with Crippen LogP contribution in [0.15, 0.2) is 18.2 Å². The molecule has 1 aliphatic rings. The first-order chi connectivity index (χ1) is 12.1. The molecule has 1 aromatic rings. The molecule has 25 heavy (non-hydrogen) atoms. The Hall–Kier alpha value is -1.17. The van der Waals surface area contributed by atoms with Gasteiger partial charge in [-0.05, 0) is 69.7 Å². The van der Waals surface area contributed by atoms with Gasteiger partial charge in [0.05, 0.1) is 13.3 Å². The zero-order valence-electron chi connectivity index (χ0n) is 16.4. The van der Waals surface area contributed by atoms with Gasteiger partial charge in [-0.1, -0.05) is 26.3 Å². The molecule has 5 heteroatoms. The summed E-state index contributed by atoms with van der Waals surface area (Å²) in [5.74, 6) is 0.804. The molecule has 4 N–H and O–H groups in total. The zero-order chi connectivity index (χ0) is 19.1. The van der Waals surface area contributed by atoms with E-state index in [9.17, 15) is 4.39 Å². The number of aliphatic hydroxyl groups is 1. The molecule has 0 aromatic heterocycles. The lowest BCUT2D eigenvalue weighted by Gasteiger charge is -2.09. The van der Waals surface area contributed by atoms with Crippen molar-refractivity contribution in [1.29, 1.82) is 0 Å². The minimum Gasteiger partial charge on any atom is -0.490 e. The number of nitrogens with one attached hydrogen (secondary N) is 1. The first kappa shape index (κ1) is 23.8. The number of nitrogens with two attached hydrogens (primary N) is 1. The Morgan fingerprint density at radius 2 is 2.04 bits per heavy atom. The highest BCUT2D eigenvalue weighted by molar-refractivity contribution is 5.29. The van der Waals surface area contributed by atoms with E-state index in [4.69, 9.17) is 15.6 Å². The molecule has 0 radical (unpaired) electrons. The van der Waals surface area contributed by atoms with Crippen LogP contribution in [-0.4, -0.2) is 31.0 Å². The Kier molecular flexibility index (Phi) is 14.4. The average molecular weight is 361 g/mol. The highest BCUT2D eigenvalue weighted by atomic mass is 19.1. The predicted octanol–water partition coefficient (Wildman–Crippen LogP) is 4.48. The molecule has 0 unspecified atom stereocenters. The second-order valence-electron chi connectivity index (χ2n) is 6.24. The molecule has 0 amide bonds. The van der Waals surface area contributed by atoms with Gasteiger partial charge in [0.25, 0.3) is 0 Å². The molecule has 0 bridgehead atoms. The highest BCUT2D eigenvalue weighted by Crippen LogP contribution is 2.30. The Morgan fingerprint density at radius 1 is 1.36 bits per heavy atom. The summed E-state index contributed by atoms with van der Waals surface area (Å²) < 4.78 is 18.5. The van der Waals surface area contributed by atoms with Crippen LogP contribution in [0.5, 0.6) is 5.75 Å². The van der Waals surface area contributed by atoms with Crippen molar-refractivity contribution in [1.82, 2.24) is 5.32 Å². The Balaban J connectivity index is -0.000000377. The quantitative estimate of drug-likeness (QED) is 0.448. The second-order valence-corrected chi connectivity index (χ2v) is 6.24. The first-order valence-electron chi connectivity index (χ1n) is 9.50. The van der Waals surface area contributed by atoms with E-state index in [2.05, 4.69) is 12.2 Å². The summed E-state index contributed by atoms with van der Waals surface area (Å²) in [5.41, 5.74) is 6.35. The lowest BCUT2D eigenvalue weighted by molar-refractivity contribution is 0.240. The van der Waals surface area contributed by atoms with Crippen LogP contribution >= 0.6 is 0 Å². The SMILES string of the molecule is CC.C[C@@H](CCCCN)NCO.Cc1ccc(F)c(OCC2CC2)c1.[HH].[HH]. The summed E-state index contributed by atoms with van der Waals surface area (Å²) in [6, 6.07) is 5.37. The number of aryl methyl sites for hydroxylation is 1. The molecule has 1 aliphatic carbocycles. The number of aliphatic hydroxyl groups excluding tert-OH is 1. The van der Waals surface area contributed by atoms with Crippen molar-refractivity contribution in [3.63, 3.8) is 0 Å². The predicted molar refractivity (Wildman–Crippen MR) is 108 cm³/mol. The molecule has 150 valence electrons. The van der Waals surface area contributed by atoms with Gasteiger partial charge in [0.15, 0.2) is 11.6 Å². The van der Waals surface area contributed by atoms with Crippen molar-refractivity contribution in [2.45, 2.75) is 65.8 Å². The maximum absolute atomic E-state index is 13.1. The van der Waals surface area contributed by atoms with E-state index in [1.165, 1.54) is 18.9 Å². The number of unbranched alkanes of at least 4 members (excludes halogenated alkanes) is 1. The second kappa shape index (κ2) is 15.1. The van der Waals surface area contributed by atoms with Crippen LogP contribution in [-0.2, 0) is 0 Å². The normalized spacial score (nSPS) is 13.9. The molecule has 1 aromatic carbocycles. The molecule has 0 saturated heterocycles. The van der Waals surface area contributed by atoms with Crippen LogP contribution in [0.1, 0.15) is 61.3 Å². The average Bonchev–Trinajstić information content (AvgIpc) is 3.43. The highest BCUT2D eigenvalue weighted by Gasteiger charge is 2.22. The maximum Gasteiger partial charge on any atom is 0.165 e. The van der Waals surface area contributed by atoms with Crippen molar-refractivity contribution < 1.29 is 17.1 Å². The number of ether oxygens (including phenoxy) is 1. The van der Waals surface area contributed by atoms with Crippen molar-refractivity contribution in [3.8, 4) is 5.75 Å². The Morgan fingerprint density at radius 3 is 2.60 bits per heavy atom. The number of hydrogen-bond acceptors (Lipinski definition) is 4. The molecule has 0 spiro atoms. The Bertz CT molecular complexity index is 450. The summed E-state index contributed by atoms with van der Waals surface area (Å²) in [6.07, 6.45) is 5.78.